The average Bonchev–Trinajstić information content (AvgIpc) is 2.49. The monoisotopic (exact) mass is 308 g/mol. The van der Waals surface area contributed by atoms with Gasteiger partial charge >= 0.3 is 0 Å². The predicted octanol–water partition coefficient (Wildman–Crippen LogP) is 0.129. The van der Waals surface area contributed by atoms with Gasteiger partial charge < -0.3 is 20.3 Å². The second-order valence-corrected chi connectivity index (χ2v) is 5.95. The number of nitrogens with one attached hydrogen (secondary N) is 1. The van der Waals surface area contributed by atoms with E-state index in [-0.39, 0.29) is 12.5 Å². The summed E-state index contributed by atoms with van der Waals surface area (Å²) in [5.41, 5.74) is -0.148. The van der Waals surface area contributed by atoms with Crippen LogP contribution in [0.4, 0.5) is 0 Å². The largest absolute Gasteiger partial charge is 0.496 e. The minimum absolute atomic E-state index is 0.111. The highest BCUT2D eigenvalue weighted by atomic mass is 16.5. The van der Waals surface area contributed by atoms with Gasteiger partial charge in [-0.05, 0) is 19.4 Å². The van der Waals surface area contributed by atoms with Crippen molar-refractivity contribution >= 4 is 5.91 Å². The van der Waals surface area contributed by atoms with Crippen LogP contribution in [0.5, 0.6) is 5.75 Å². The summed E-state index contributed by atoms with van der Waals surface area (Å²) < 4.78 is 5.24. The Morgan fingerprint density at radius 2 is 2.23 bits per heavy atom. The molecule has 3 N–H and O–H groups in total. The third kappa shape index (κ3) is 4.19. The van der Waals surface area contributed by atoms with E-state index in [1.807, 2.05) is 29.2 Å². The van der Waals surface area contributed by atoms with Crippen LogP contribution in [-0.2, 0) is 11.3 Å². The second-order valence-electron chi connectivity index (χ2n) is 5.95. The summed E-state index contributed by atoms with van der Waals surface area (Å²) in [5, 5.41) is 22.6. The average molecular weight is 308 g/mol. The number of methoxy groups -OCH3 is 1. The number of para-hydroxylation sites is 1. The summed E-state index contributed by atoms with van der Waals surface area (Å²) in [6.07, 6.45) is -0.378. The van der Waals surface area contributed by atoms with Gasteiger partial charge in [-0.15, -0.1) is 0 Å². The number of likely N-dealkylation sites (tertiary alicyclic amines) is 1. The van der Waals surface area contributed by atoms with Gasteiger partial charge in [0.1, 0.15) is 5.75 Å². The minimum Gasteiger partial charge on any atom is -0.496 e. The summed E-state index contributed by atoms with van der Waals surface area (Å²) in [4.78, 5) is 13.9. The maximum atomic E-state index is 12.0. The molecule has 0 aliphatic carbocycles. The molecule has 1 aromatic rings. The lowest BCUT2D eigenvalue weighted by atomic mass is 9.91. The van der Waals surface area contributed by atoms with Gasteiger partial charge in [-0.3, -0.25) is 9.69 Å². The first-order valence-electron chi connectivity index (χ1n) is 7.44. The Labute approximate surface area is 130 Å². The van der Waals surface area contributed by atoms with Crippen LogP contribution in [-0.4, -0.2) is 59.5 Å². The van der Waals surface area contributed by atoms with Gasteiger partial charge in [0.2, 0.25) is 5.91 Å². The van der Waals surface area contributed by atoms with Crippen LogP contribution in [0.2, 0.25) is 0 Å². The maximum absolute atomic E-state index is 12.0. The van der Waals surface area contributed by atoms with E-state index in [0.29, 0.717) is 26.1 Å². The molecular formula is C16H24N2O4. The lowest BCUT2D eigenvalue weighted by Gasteiger charge is -2.39. The molecule has 2 rings (SSSR count). The molecule has 6 heteroatoms. The van der Waals surface area contributed by atoms with Crippen LogP contribution in [0.1, 0.15) is 18.9 Å². The fourth-order valence-electron chi connectivity index (χ4n) is 2.53. The molecule has 1 heterocycles. The normalized spacial score (nSPS) is 25.7. The van der Waals surface area contributed by atoms with Crippen LogP contribution < -0.4 is 10.1 Å². The van der Waals surface area contributed by atoms with Gasteiger partial charge in [-0.2, -0.15) is 0 Å². The van der Waals surface area contributed by atoms with Crippen LogP contribution >= 0.6 is 0 Å². The Morgan fingerprint density at radius 3 is 2.91 bits per heavy atom. The molecule has 122 valence electrons. The zero-order valence-electron chi connectivity index (χ0n) is 13.1. The van der Waals surface area contributed by atoms with Gasteiger partial charge in [0.25, 0.3) is 0 Å². The Hall–Kier alpha value is -1.63. The van der Waals surface area contributed by atoms with Crippen molar-refractivity contribution in [2.24, 2.45) is 0 Å². The number of rotatable bonds is 5. The number of hydrogen-bond acceptors (Lipinski definition) is 5. The first-order chi connectivity index (χ1) is 10.4. The smallest absolute Gasteiger partial charge is 0.234 e. The maximum Gasteiger partial charge on any atom is 0.234 e. The number of carbonyl (C=O) groups excluding carboxylic acids is 1. The minimum atomic E-state index is -1.07. The topological polar surface area (TPSA) is 82.0 Å². The zero-order chi connectivity index (χ0) is 16.2. The predicted molar refractivity (Wildman–Crippen MR) is 82.5 cm³/mol. The molecule has 2 atom stereocenters. The standard InChI is InChI=1S/C16H24N2O4/c1-16(21)7-8-18(10-14(16)19)11-15(20)17-9-12-5-3-4-6-13(12)22-2/h3-6,14,19,21H,7-11H2,1-2H3,(H,17,20)/t14-,16-/m0/s1. The molecule has 6 nitrogen and oxygen atoms in total. The van der Waals surface area contributed by atoms with Crippen molar-refractivity contribution < 1.29 is 19.7 Å². The summed E-state index contributed by atoms with van der Waals surface area (Å²) in [6, 6.07) is 7.53. The van der Waals surface area contributed by atoms with Crippen LogP contribution in [0.15, 0.2) is 24.3 Å². The fraction of sp³-hybridized carbons (Fsp3) is 0.562. The van der Waals surface area contributed by atoms with Crippen LogP contribution in [0, 0.1) is 0 Å². The number of β-amino-alcohol motifs (C(OH)–C–C–N with tert-alkyl or cyclic N) is 1. The summed E-state index contributed by atoms with van der Waals surface area (Å²) in [6.45, 7) is 3.12. The molecule has 1 aromatic carbocycles. The van der Waals surface area contributed by atoms with Crippen molar-refractivity contribution in [1.82, 2.24) is 10.2 Å². The Balaban J connectivity index is 1.81. The van der Waals surface area contributed by atoms with E-state index in [0.717, 1.165) is 11.3 Å². The number of hydrogen-bond donors (Lipinski definition) is 3. The van der Waals surface area contributed by atoms with Crippen molar-refractivity contribution in [2.45, 2.75) is 31.6 Å². The molecule has 1 amide bonds. The van der Waals surface area contributed by atoms with E-state index >= 15 is 0 Å². The number of aliphatic hydroxyl groups is 2. The number of benzene rings is 1. The highest BCUT2D eigenvalue weighted by Crippen LogP contribution is 2.21. The Bertz CT molecular complexity index is 519. The SMILES string of the molecule is COc1ccccc1CNC(=O)CN1CC[C@](C)(O)[C@@H](O)C1. The molecule has 0 saturated carbocycles. The number of amides is 1. The van der Waals surface area contributed by atoms with Gasteiger partial charge in [0, 0.05) is 25.2 Å². The van der Waals surface area contributed by atoms with Gasteiger partial charge in [0.15, 0.2) is 0 Å². The van der Waals surface area contributed by atoms with Gasteiger partial charge in [0.05, 0.1) is 25.4 Å². The van der Waals surface area contributed by atoms with E-state index < -0.39 is 11.7 Å². The summed E-state index contributed by atoms with van der Waals surface area (Å²) in [7, 11) is 1.60. The number of aliphatic hydroxyl groups excluding tert-OH is 1. The third-order valence-corrected chi connectivity index (χ3v) is 4.12. The highest BCUT2D eigenvalue weighted by Gasteiger charge is 2.36. The highest BCUT2D eigenvalue weighted by molar-refractivity contribution is 5.78. The molecule has 0 spiro atoms. The first-order valence-corrected chi connectivity index (χ1v) is 7.44. The fourth-order valence-corrected chi connectivity index (χ4v) is 2.53. The van der Waals surface area contributed by atoms with Crippen LogP contribution in [0.3, 0.4) is 0 Å². The van der Waals surface area contributed by atoms with Crippen molar-refractivity contribution in [3.8, 4) is 5.75 Å². The molecule has 0 unspecified atom stereocenters. The van der Waals surface area contributed by atoms with E-state index in [9.17, 15) is 15.0 Å². The Morgan fingerprint density at radius 1 is 1.50 bits per heavy atom. The third-order valence-electron chi connectivity index (χ3n) is 4.12. The van der Waals surface area contributed by atoms with Gasteiger partial charge in [-0.25, -0.2) is 0 Å². The lowest BCUT2D eigenvalue weighted by molar-refractivity contribution is -0.129. The number of carbonyl (C=O) groups is 1. The van der Waals surface area contributed by atoms with E-state index in [2.05, 4.69) is 5.32 Å². The van der Waals surface area contributed by atoms with Gasteiger partial charge in [-0.1, -0.05) is 18.2 Å². The molecule has 0 radical (unpaired) electrons. The van der Waals surface area contributed by atoms with Crippen molar-refractivity contribution in [1.29, 1.82) is 0 Å². The molecule has 0 aromatic heterocycles. The van der Waals surface area contributed by atoms with Crippen molar-refractivity contribution in [2.75, 3.05) is 26.7 Å². The molecular weight excluding hydrogens is 284 g/mol. The summed E-state index contributed by atoms with van der Waals surface area (Å²) >= 11 is 0. The molecule has 1 aliphatic heterocycles. The molecule has 22 heavy (non-hydrogen) atoms. The quantitative estimate of drug-likeness (QED) is 0.720. The van der Waals surface area contributed by atoms with E-state index in [1.54, 1.807) is 14.0 Å². The van der Waals surface area contributed by atoms with Crippen molar-refractivity contribution in [3.05, 3.63) is 29.8 Å². The van der Waals surface area contributed by atoms with E-state index in [4.69, 9.17) is 4.74 Å². The molecule has 1 aliphatic rings. The molecule has 1 saturated heterocycles. The van der Waals surface area contributed by atoms with E-state index in [1.165, 1.54) is 0 Å². The number of ether oxygens (including phenoxy) is 1. The zero-order valence-corrected chi connectivity index (χ0v) is 13.1. The second kappa shape index (κ2) is 7.09. The van der Waals surface area contributed by atoms with Crippen molar-refractivity contribution in [3.63, 3.8) is 0 Å². The lowest BCUT2D eigenvalue weighted by Crippen LogP contribution is -2.55. The number of nitrogens with zero attached hydrogens (tertiary/aromatic N) is 1. The number of piperidine rings is 1. The summed E-state index contributed by atoms with van der Waals surface area (Å²) in [5.74, 6) is 0.631. The van der Waals surface area contributed by atoms with Crippen LogP contribution in [0.25, 0.3) is 0 Å². The molecule has 1 fully saturated rings. The first kappa shape index (κ1) is 16.7. The Kier molecular flexibility index (Phi) is 5.39. The molecule has 0 bridgehead atoms.